The second-order valence-electron chi connectivity index (χ2n) is 12.5. The van der Waals surface area contributed by atoms with Gasteiger partial charge in [-0.1, -0.05) is 70.6 Å². The molecule has 0 atom stereocenters. The number of aromatic nitrogens is 1. The molecule has 0 aliphatic rings. The van der Waals surface area contributed by atoms with E-state index in [4.69, 9.17) is 9.47 Å². The van der Waals surface area contributed by atoms with Gasteiger partial charge < -0.3 is 19.5 Å². The van der Waals surface area contributed by atoms with Gasteiger partial charge in [-0.2, -0.15) is 4.57 Å². The Morgan fingerprint density at radius 3 is 1.76 bits per heavy atom. The van der Waals surface area contributed by atoms with Crippen molar-refractivity contribution in [2.24, 2.45) is 7.05 Å². The van der Waals surface area contributed by atoms with Crippen LogP contribution in [0.5, 0.6) is 11.5 Å². The van der Waals surface area contributed by atoms with Crippen molar-refractivity contribution < 1.29 is 23.9 Å². The SMILES string of the molecule is CCCCCCOc1ccc(N(c2ccc(C=Cc3ccc(-c4cc[n+](C)c(C(=O)O)c4)s3)cc2)c2ccc(OCCCCCC)cc2)cc1. The average Bonchev–Trinajstić information content (AvgIpc) is 3.62. The highest BCUT2D eigenvalue weighted by Crippen LogP contribution is 2.37. The van der Waals surface area contributed by atoms with Gasteiger partial charge in [-0.3, -0.25) is 0 Å². The van der Waals surface area contributed by atoms with Gasteiger partial charge >= 0.3 is 5.97 Å². The lowest BCUT2D eigenvalue weighted by Gasteiger charge is -2.26. The largest absolute Gasteiger partial charge is 0.494 e. The molecule has 0 bridgehead atoms. The molecule has 7 heteroatoms. The van der Waals surface area contributed by atoms with Crippen LogP contribution in [0.3, 0.4) is 0 Å². The van der Waals surface area contributed by atoms with E-state index in [-0.39, 0.29) is 5.69 Å². The number of pyridine rings is 1. The van der Waals surface area contributed by atoms with Crippen molar-refractivity contribution in [3.8, 4) is 21.9 Å². The maximum atomic E-state index is 11.6. The van der Waals surface area contributed by atoms with Gasteiger partial charge in [-0.15, -0.1) is 11.3 Å². The zero-order chi connectivity index (χ0) is 35.1. The Balaban J connectivity index is 1.31. The lowest BCUT2D eigenvalue weighted by Crippen LogP contribution is -2.35. The Labute approximate surface area is 301 Å². The minimum atomic E-state index is -0.938. The second-order valence-corrected chi connectivity index (χ2v) is 13.6. The summed E-state index contributed by atoms with van der Waals surface area (Å²) in [5.74, 6) is 0.835. The number of unbranched alkanes of at least 4 members (excludes halogenated alkanes) is 6. The summed E-state index contributed by atoms with van der Waals surface area (Å²) in [5.41, 5.74) is 5.38. The highest BCUT2D eigenvalue weighted by molar-refractivity contribution is 7.16. The summed E-state index contributed by atoms with van der Waals surface area (Å²) in [6.07, 6.45) is 15.5. The van der Waals surface area contributed by atoms with Crippen molar-refractivity contribution >= 4 is 46.5 Å². The molecule has 6 nitrogen and oxygen atoms in total. The van der Waals surface area contributed by atoms with E-state index in [0.29, 0.717) is 0 Å². The Hall–Kier alpha value is -4.88. The number of thiophene rings is 1. The van der Waals surface area contributed by atoms with E-state index in [2.05, 4.69) is 110 Å². The Bertz CT molecular complexity index is 1750. The molecule has 0 aliphatic carbocycles. The molecule has 3 aromatic carbocycles. The third-order valence-corrected chi connectivity index (χ3v) is 9.69. The normalized spacial score (nSPS) is 11.2. The number of aromatic carboxylic acids is 1. The van der Waals surface area contributed by atoms with Crippen LogP contribution in [0.1, 0.15) is 86.1 Å². The molecule has 0 unspecified atom stereocenters. The van der Waals surface area contributed by atoms with Crippen molar-refractivity contribution in [3.63, 3.8) is 0 Å². The summed E-state index contributed by atoms with van der Waals surface area (Å²) in [4.78, 5) is 16.0. The Kier molecular flexibility index (Phi) is 13.7. The summed E-state index contributed by atoms with van der Waals surface area (Å²) in [7, 11) is 1.74. The standard InChI is InChI=1S/C43H48N2O4S/c1-4-6-8-10-30-48-38-21-17-36(18-22-38)45(37-19-23-39(24-20-37)49-31-11-9-7-5-2)35-15-12-33(13-16-35)14-25-40-26-27-42(50-40)34-28-29-44(3)41(32-34)43(46)47/h12-29,32H,4-11,30-31H2,1-3H3/p+1. The van der Waals surface area contributed by atoms with Gasteiger partial charge in [0.25, 0.3) is 5.69 Å². The molecule has 0 fully saturated rings. The minimum Gasteiger partial charge on any atom is -0.494 e. The van der Waals surface area contributed by atoms with Crippen LogP contribution in [0.25, 0.3) is 22.6 Å². The van der Waals surface area contributed by atoms with Crippen LogP contribution in [-0.2, 0) is 7.05 Å². The molecule has 0 aliphatic heterocycles. The third kappa shape index (κ3) is 10.3. The van der Waals surface area contributed by atoms with E-state index in [1.165, 1.54) is 38.5 Å². The van der Waals surface area contributed by atoms with Crippen molar-refractivity contribution in [3.05, 3.63) is 119 Å². The Morgan fingerprint density at radius 1 is 0.700 bits per heavy atom. The van der Waals surface area contributed by atoms with E-state index in [1.54, 1.807) is 35.2 Å². The van der Waals surface area contributed by atoms with Crippen LogP contribution in [0, 0.1) is 0 Å². The smallest absolute Gasteiger partial charge is 0.401 e. The average molecular weight is 690 g/mol. The number of carboxylic acid groups (broad SMARTS) is 1. The molecule has 260 valence electrons. The minimum absolute atomic E-state index is 0.256. The number of aryl methyl sites for hydroxylation is 1. The van der Waals surface area contributed by atoms with Gasteiger partial charge in [0.1, 0.15) is 18.5 Å². The van der Waals surface area contributed by atoms with E-state index >= 15 is 0 Å². The first-order valence-corrected chi connectivity index (χ1v) is 18.6. The topological polar surface area (TPSA) is 62.9 Å². The first-order valence-electron chi connectivity index (χ1n) is 17.8. The number of hydrogen-bond donors (Lipinski definition) is 1. The van der Waals surface area contributed by atoms with Crippen molar-refractivity contribution in [2.45, 2.75) is 65.2 Å². The van der Waals surface area contributed by atoms with E-state index in [9.17, 15) is 9.90 Å². The van der Waals surface area contributed by atoms with E-state index < -0.39 is 5.97 Å². The fraction of sp³-hybridized carbons (Fsp3) is 0.302. The first-order chi connectivity index (χ1) is 24.4. The zero-order valence-electron chi connectivity index (χ0n) is 29.5. The molecule has 0 saturated heterocycles. The van der Waals surface area contributed by atoms with Crippen LogP contribution in [0.4, 0.5) is 17.1 Å². The Morgan fingerprint density at radius 2 is 1.24 bits per heavy atom. The highest BCUT2D eigenvalue weighted by atomic mass is 32.1. The number of carboxylic acids is 1. The monoisotopic (exact) mass is 689 g/mol. The van der Waals surface area contributed by atoms with Crippen molar-refractivity contribution in [1.29, 1.82) is 0 Å². The quantitative estimate of drug-likeness (QED) is 0.0691. The molecule has 2 heterocycles. The summed E-state index contributed by atoms with van der Waals surface area (Å²) in [6.45, 7) is 5.92. The fourth-order valence-corrected chi connectivity index (χ4v) is 6.62. The molecule has 0 spiro atoms. The van der Waals surface area contributed by atoms with Gasteiger partial charge in [0, 0.05) is 44.5 Å². The number of carbonyl (C=O) groups is 1. The molecular weight excluding hydrogens is 641 g/mol. The van der Waals surface area contributed by atoms with Gasteiger partial charge in [0.05, 0.1) is 13.2 Å². The summed E-state index contributed by atoms with van der Waals surface area (Å²) in [6, 6.07) is 33.0. The number of ether oxygens (including phenoxy) is 2. The number of nitrogens with zero attached hydrogens (tertiary/aromatic N) is 2. The van der Waals surface area contributed by atoms with Gasteiger partial charge in [-0.05, 0) is 97.3 Å². The molecule has 1 N–H and O–H groups in total. The third-order valence-electron chi connectivity index (χ3n) is 8.59. The molecule has 2 aromatic heterocycles. The van der Waals surface area contributed by atoms with Crippen LogP contribution < -0.4 is 18.9 Å². The zero-order valence-corrected chi connectivity index (χ0v) is 30.3. The lowest BCUT2D eigenvalue weighted by molar-refractivity contribution is -0.673. The van der Waals surface area contributed by atoms with Crippen molar-refractivity contribution in [1.82, 2.24) is 0 Å². The number of benzene rings is 3. The van der Waals surface area contributed by atoms with Crippen molar-refractivity contribution in [2.75, 3.05) is 18.1 Å². The lowest BCUT2D eigenvalue weighted by atomic mass is 10.1. The molecular formula is C43H49N2O4S+. The predicted octanol–water partition coefficient (Wildman–Crippen LogP) is 11.5. The number of anilines is 3. The summed E-state index contributed by atoms with van der Waals surface area (Å²) < 4.78 is 13.7. The van der Waals surface area contributed by atoms with Gasteiger partial charge in [0.15, 0.2) is 6.20 Å². The summed E-state index contributed by atoms with van der Waals surface area (Å²) in [5, 5.41) is 9.52. The van der Waals surface area contributed by atoms with Gasteiger partial charge in [-0.25, -0.2) is 4.79 Å². The maximum absolute atomic E-state index is 11.6. The van der Waals surface area contributed by atoms with Crippen LogP contribution in [-0.4, -0.2) is 24.3 Å². The predicted molar refractivity (Wildman–Crippen MR) is 207 cm³/mol. The van der Waals surface area contributed by atoms with E-state index in [0.717, 1.165) is 75.5 Å². The molecule has 0 amide bonds. The van der Waals surface area contributed by atoms with Crippen LogP contribution in [0.15, 0.2) is 103 Å². The molecule has 5 rings (SSSR count). The highest BCUT2D eigenvalue weighted by Gasteiger charge is 2.17. The second kappa shape index (κ2) is 18.8. The van der Waals surface area contributed by atoms with Crippen LogP contribution in [0.2, 0.25) is 0 Å². The summed E-state index contributed by atoms with van der Waals surface area (Å²) >= 11 is 1.63. The first kappa shape index (κ1) is 36.4. The molecule has 5 aromatic rings. The van der Waals surface area contributed by atoms with Crippen LogP contribution >= 0.6 is 11.3 Å². The van der Waals surface area contributed by atoms with Gasteiger partial charge in [0.2, 0.25) is 0 Å². The number of hydrogen-bond acceptors (Lipinski definition) is 5. The molecule has 50 heavy (non-hydrogen) atoms. The molecule has 0 saturated carbocycles. The fourth-order valence-electron chi connectivity index (χ4n) is 5.71. The van der Waals surface area contributed by atoms with E-state index in [1.807, 2.05) is 12.1 Å². The molecule has 0 radical (unpaired) electrons. The number of rotatable bonds is 19. The maximum Gasteiger partial charge on any atom is 0.401 e.